The van der Waals surface area contributed by atoms with Gasteiger partial charge in [0.25, 0.3) is 0 Å². The molecule has 0 fully saturated rings. The Morgan fingerprint density at radius 3 is 2.79 bits per heavy atom. The third-order valence-electron chi connectivity index (χ3n) is 3.37. The Kier molecular flexibility index (Phi) is 9.12. The summed E-state index contributed by atoms with van der Waals surface area (Å²) in [6, 6.07) is 3.56. The van der Waals surface area contributed by atoms with Gasteiger partial charge in [0.1, 0.15) is 0 Å². The number of hydrazone groups is 1. The van der Waals surface area contributed by atoms with E-state index in [1.165, 1.54) is 25.6 Å². The molecule has 156 valence electrons. The molecule has 2 rings (SSSR count). The fourth-order valence-electron chi connectivity index (χ4n) is 2.11. The SMILES string of the molecule is CCOC(=O)Cc1csc(NN=Cc2cc(I)c(OCC(=O)OC)c(OC)c2)n1. The Labute approximate surface area is 185 Å². The number of esters is 2. The molecule has 1 aromatic heterocycles. The lowest BCUT2D eigenvalue weighted by atomic mass is 10.2. The summed E-state index contributed by atoms with van der Waals surface area (Å²) in [5, 5.41) is 6.49. The van der Waals surface area contributed by atoms with Crippen LogP contribution in [0.15, 0.2) is 22.6 Å². The van der Waals surface area contributed by atoms with E-state index in [1.54, 1.807) is 24.6 Å². The van der Waals surface area contributed by atoms with Crippen LogP contribution < -0.4 is 14.9 Å². The first-order valence-corrected chi connectivity index (χ1v) is 10.4. The quantitative estimate of drug-likeness (QED) is 0.215. The predicted molar refractivity (Wildman–Crippen MR) is 117 cm³/mol. The number of nitrogens with zero attached hydrogens (tertiary/aromatic N) is 2. The van der Waals surface area contributed by atoms with Gasteiger partial charge in [-0.25, -0.2) is 9.78 Å². The average molecular weight is 533 g/mol. The lowest BCUT2D eigenvalue weighted by molar-refractivity contribution is -0.143. The lowest BCUT2D eigenvalue weighted by Gasteiger charge is -2.12. The van der Waals surface area contributed by atoms with Crippen LogP contribution in [0.2, 0.25) is 0 Å². The molecule has 0 aliphatic carbocycles. The number of anilines is 1. The molecule has 0 aliphatic rings. The number of carbonyl (C=O) groups excluding carboxylic acids is 2. The Bertz CT molecular complexity index is 886. The fourth-order valence-corrected chi connectivity index (χ4v) is 3.55. The van der Waals surface area contributed by atoms with Crippen LogP contribution in [-0.2, 0) is 25.5 Å². The second-order valence-electron chi connectivity index (χ2n) is 5.39. The van der Waals surface area contributed by atoms with E-state index < -0.39 is 5.97 Å². The van der Waals surface area contributed by atoms with Crippen molar-refractivity contribution in [1.82, 2.24) is 4.98 Å². The van der Waals surface area contributed by atoms with Crippen LogP contribution in [0.4, 0.5) is 5.13 Å². The molecule has 29 heavy (non-hydrogen) atoms. The highest BCUT2D eigenvalue weighted by molar-refractivity contribution is 14.1. The number of nitrogens with one attached hydrogen (secondary N) is 1. The van der Waals surface area contributed by atoms with Gasteiger partial charge in [-0.05, 0) is 47.2 Å². The highest BCUT2D eigenvalue weighted by Crippen LogP contribution is 2.33. The third kappa shape index (κ3) is 7.16. The van der Waals surface area contributed by atoms with Crippen LogP contribution in [0, 0.1) is 3.57 Å². The smallest absolute Gasteiger partial charge is 0.343 e. The largest absolute Gasteiger partial charge is 0.493 e. The molecule has 0 spiro atoms. The summed E-state index contributed by atoms with van der Waals surface area (Å²) in [4.78, 5) is 27.0. The molecule has 0 atom stereocenters. The van der Waals surface area contributed by atoms with Crippen molar-refractivity contribution in [2.75, 3.05) is 32.9 Å². The maximum Gasteiger partial charge on any atom is 0.343 e. The van der Waals surface area contributed by atoms with E-state index in [1.807, 2.05) is 6.07 Å². The standard InChI is InChI=1S/C18H20IN3O6S/c1-4-27-15(23)7-12-10-29-18(21-12)22-20-8-11-5-13(19)17(14(6-11)25-2)28-9-16(24)26-3/h5-6,8,10H,4,7,9H2,1-3H3,(H,21,22). The van der Waals surface area contributed by atoms with E-state index in [-0.39, 0.29) is 19.0 Å². The van der Waals surface area contributed by atoms with Crippen molar-refractivity contribution in [2.45, 2.75) is 13.3 Å². The van der Waals surface area contributed by atoms with E-state index in [0.29, 0.717) is 28.9 Å². The van der Waals surface area contributed by atoms with E-state index in [2.05, 4.69) is 42.8 Å². The fraction of sp³-hybridized carbons (Fsp3) is 0.333. The highest BCUT2D eigenvalue weighted by Gasteiger charge is 2.13. The van der Waals surface area contributed by atoms with Gasteiger partial charge in [-0.3, -0.25) is 10.2 Å². The summed E-state index contributed by atoms with van der Waals surface area (Å²) in [6.07, 6.45) is 1.72. The molecule has 0 radical (unpaired) electrons. The number of benzene rings is 1. The van der Waals surface area contributed by atoms with Gasteiger partial charge in [-0.15, -0.1) is 11.3 Å². The van der Waals surface area contributed by atoms with Crippen molar-refractivity contribution in [3.63, 3.8) is 0 Å². The van der Waals surface area contributed by atoms with Gasteiger partial charge in [0.05, 0.1) is 42.7 Å². The number of aromatic nitrogens is 1. The molecule has 1 heterocycles. The van der Waals surface area contributed by atoms with Crippen molar-refractivity contribution in [1.29, 1.82) is 0 Å². The average Bonchev–Trinajstić information content (AvgIpc) is 3.13. The molecular formula is C18H20IN3O6S. The Balaban J connectivity index is 2.01. The number of carbonyl (C=O) groups is 2. The highest BCUT2D eigenvalue weighted by atomic mass is 127. The first-order chi connectivity index (χ1) is 14.0. The van der Waals surface area contributed by atoms with E-state index >= 15 is 0 Å². The molecule has 0 aliphatic heterocycles. The zero-order valence-electron chi connectivity index (χ0n) is 16.1. The Hall–Kier alpha value is -2.41. The Morgan fingerprint density at radius 1 is 1.31 bits per heavy atom. The van der Waals surface area contributed by atoms with Crippen molar-refractivity contribution < 1.29 is 28.5 Å². The Morgan fingerprint density at radius 2 is 2.10 bits per heavy atom. The van der Waals surface area contributed by atoms with Gasteiger partial charge in [-0.1, -0.05) is 0 Å². The molecule has 0 unspecified atom stereocenters. The molecular weight excluding hydrogens is 513 g/mol. The molecule has 1 N–H and O–H groups in total. The van der Waals surface area contributed by atoms with Crippen LogP contribution in [0.3, 0.4) is 0 Å². The van der Waals surface area contributed by atoms with Crippen LogP contribution in [-0.4, -0.2) is 50.6 Å². The zero-order chi connectivity index (χ0) is 21.2. The number of rotatable bonds is 10. The van der Waals surface area contributed by atoms with Crippen molar-refractivity contribution in [3.8, 4) is 11.5 Å². The van der Waals surface area contributed by atoms with E-state index in [9.17, 15) is 9.59 Å². The van der Waals surface area contributed by atoms with Gasteiger partial charge in [-0.2, -0.15) is 5.10 Å². The van der Waals surface area contributed by atoms with Gasteiger partial charge in [0.2, 0.25) is 5.13 Å². The predicted octanol–water partition coefficient (Wildman–Crippen LogP) is 2.86. The maximum absolute atomic E-state index is 11.5. The summed E-state index contributed by atoms with van der Waals surface area (Å²) in [6.45, 7) is 1.89. The minimum absolute atomic E-state index is 0.123. The summed E-state index contributed by atoms with van der Waals surface area (Å²) >= 11 is 3.42. The molecule has 0 amide bonds. The zero-order valence-corrected chi connectivity index (χ0v) is 19.0. The second-order valence-corrected chi connectivity index (χ2v) is 7.42. The molecule has 9 nitrogen and oxygen atoms in total. The van der Waals surface area contributed by atoms with Crippen molar-refractivity contribution >= 4 is 57.2 Å². The number of ether oxygens (including phenoxy) is 4. The summed E-state index contributed by atoms with van der Waals surface area (Å²) in [5.74, 6) is 0.118. The third-order valence-corrected chi connectivity index (χ3v) is 4.97. The summed E-state index contributed by atoms with van der Waals surface area (Å²) < 4.78 is 21.0. The minimum atomic E-state index is -0.483. The molecule has 0 bridgehead atoms. The first kappa shape index (κ1) is 22.9. The number of halogens is 1. The monoisotopic (exact) mass is 533 g/mol. The first-order valence-electron chi connectivity index (χ1n) is 8.43. The molecule has 2 aromatic rings. The number of methoxy groups -OCH3 is 2. The molecule has 1 aromatic carbocycles. The molecule has 0 saturated heterocycles. The van der Waals surface area contributed by atoms with Crippen LogP contribution in [0.25, 0.3) is 0 Å². The number of hydrogen-bond donors (Lipinski definition) is 1. The van der Waals surface area contributed by atoms with Gasteiger partial charge >= 0.3 is 11.9 Å². The summed E-state index contributed by atoms with van der Waals surface area (Å²) in [5.41, 5.74) is 4.20. The van der Waals surface area contributed by atoms with Crippen LogP contribution >= 0.6 is 33.9 Å². The van der Waals surface area contributed by atoms with Crippen LogP contribution in [0.1, 0.15) is 18.2 Å². The van der Waals surface area contributed by atoms with Gasteiger partial charge < -0.3 is 18.9 Å². The minimum Gasteiger partial charge on any atom is -0.493 e. The topological polar surface area (TPSA) is 108 Å². The lowest BCUT2D eigenvalue weighted by Crippen LogP contribution is -2.13. The van der Waals surface area contributed by atoms with Gasteiger partial charge in [0, 0.05) is 5.38 Å². The molecule has 11 heteroatoms. The normalized spacial score (nSPS) is 10.6. The second kappa shape index (κ2) is 11.6. The van der Waals surface area contributed by atoms with Crippen molar-refractivity contribution in [2.24, 2.45) is 5.10 Å². The van der Waals surface area contributed by atoms with E-state index in [0.717, 1.165) is 9.13 Å². The molecule has 0 saturated carbocycles. The summed E-state index contributed by atoms with van der Waals surface area (Å²) in [7, 11) is 2.80. The van der Waals surface area contributed by atoms with Crippen LogP contribution in [0.5, 0.6) is 11.5 Å². The number of hydrogen-bond acceptors (Lipinski definition) is 10. The number of thiazole rings is 1. The van der Waals surface area contributed by atoms with E-state index in [4.69, 9.17) is 14.2 Å². The van der Waals surface area contributed by atoms with Gasteiger partial charge in [0.15, 0.2) is 18.1 Å². The maximum atomic E-state index is 11.5. The van der Waals surface area contributed by atoms with Crippen molar-refractivity contribution in [3.05, 3.63) is 32.3 Å².